The number of nitrogens with one attached hydrogen (secondary N) is 1. The van der Waals surface area contributed by atoms with Gasteiger partial charge in [-0.05, 0) is 46.3 Å². The summed E-state index contributed by atoms with van der Waals surface area (Å²) in [4.78, 5) is 15.5. The Morgan fingerprint density at radius 3 is 2.90 bits per heavy atom. The normalized spacial score (nSPS) is 17.7. The minimum atomic E-state index is -1.05. The van der Waals surface area contributed by atoms with Gasteiger partial charge in [-0.25, -0.2) is 4.79 Å². The highest BCUT2D eigenvalue weighted by Crippen LogP contribution is 2.32. The van der Waals surface area contributed by atoms with Gasteiger partial charge in [0.1, 0.15) is 0 Å². The molecule has 1 aromatic rings. The molecule has 1 aliphatic rings. The van der Waals surface area contributed by atoms with E-state index in [0.717, 1.165) is 22.9 Å². The van der Waals surface area contributed by atoms with Crippen molar-refractivity contribution in [1.82, 2.24) is 10.3 Å². The Hall–Kier alpha value is -0.850. The topological polar surface area (TPSA) is 71.5 Å². The first-order valence-electron chi connectivity index (χ1n) is 6.39. The van der Waals surface area contributed by atoms with Crippen LogP contribution in [0.2, 0.25) is 0 Å². The first-order valence-corrected chi connectivity index (χ1v) is 7.72. The number of pyridine rings is 1. The lowest BCUT2D eigenvalue weighted by molar-refractivity contribution is 0.0528. The average Bonchev–Trinajstić information content (AvgIpc) is 2.45. The van der Waals surface area contributed by atoms with E-state index in [1.54, 1.807) is 6.20 Å². The molecule has 0 aliphatic carbocycles. The largest absolute Gasteiger partial charge is 0.465 e. The Labute approximate surface area is 130 Å². The molecule has 1 aliphatic heterocycles. The summed E-state index contributed by atoms with van der Waals surface area (Å²) >= 11 is 9.32. The van der Waals surface area contributed by atoms with Crippen molar-refractivity contribution in [1.29, 1.82) is 0 Å². The molecule has 0 bridgehead atoms. The molecule has 110 valence electrons. The van der Waals surface area contributed by atoms with Crippen molar-refractivity contribution < 1.29 is 14.6 Å². The van der Waals surface area contributed by atoms with Gasteiger partial charge in [-0.3, -0.25) is 4.98 Å². The fourth-order valence-electron chi connectivity index (χ4n) is 2.47. The maximum Gasteiger partial charge on any atom is 0.405 e. The zero-order chi connectivity index (χ0) is 14.5. The molecule has 1 atom stereocenters. The van der Waals surface area contributed by atoms with E-state index in [1.165, 1.54) is 0 Å². The van der Waals surface area contributed by atoms with Crippen molar-refractivity contribution in [3.63, 3.8) is 0 Å². The van der Waals surface area contributed by atoms with Crippen LogP contribution in [0.1, 0.15) is 30.1 Å². The van der Waals surface area contributed by atoms with Crippen molar-refractivity contribution in [3.05, 3.63) is 28.0 Å². The van der Waals surface area contributed by atoms with Gasteiger partial charge in [-0.2, -0.15) is 0 Å². The van der Waals surface area contributed by atoms with E-state index >= 15 is 0 Å². The highest BCUT2D eigenvalue weighted by Gasteiger charge is 2.29. The molecule has 2 heterocycles. The second kappa shape index (κ2) is 7.24. The number of ether oxygens (including phenoxy) is 1. The molecular weight excluding hydrogens is 348 g/mol. The van der Waals surface area contributed by atoms with Crippen LogP contribution in [-0.4, -0.2) is 29.4 Å². The molecule has 1 amide bonds. The summed E-state index contributed by atoms with van der Waals surface area (Å²) in [6.07, 6.45) is 2.24. The average molecular weight is 364 g/mol. The van der Waals surface area contributed by atoms with Crippen LogP contribution in [0.4, 0.5) is 4.79 Å². The van der Waals surface area contributed by atoms with Gasteiger partial charge in [-0.15, -0.1) is 11.6 Å². The van der Waals surface area contributed by atoms with Crippen LogP contribution in [0.3, 0.4) is 0 Å². The summed E-state index contributed by atoms with van der Waals surface area (Å²) < 4.78 is 6.17. The van der Waals surface area contributed by atoms with Gasteiger partial charge in [0, 0.05) is 29.8 Å². The Kier molecular flexibility index (Phi) is 5.63. The van der Waals surface area contributed by atoms with E-state index < -0.39 is 6.09 Å². The molecule has 2 rings (SSSR count). The lowest BCUT2D eigenvalue weighted by Gasteiger charge is -2.30. The van der Waals surface area contributed by atoms with Crippen LogP contribution in [0, 0.1) is 5.92 Å². The minimum absolute atomic E-state index is 0.176. The quantitative estimate of drug-likeness (QED) is 0.805. The van der Waals surface area contributed by atoms with Crippen LogP contribution in [-0.2, 0) is 10.6 Å². The van der Waals surface area contributed by atoms with Crippen molar-refractivity contribution in [2.75, 3.05) is 13.2 Å². The van der Waals surface area contributed by atoms with E-state index in [2.05, 4.69) is 26.2 Å². The van der Waals surface area contributed by atoms with Gasteiger partial charge in [0.15, 0.2) is 0 Å². The fraction of sp³-hybridized carbons (Fsp3) is 0.538. The number of aromatic nitrogens is 1. The van der Waals surface area contributed by atoms with E-state index in [-0.39, 0.29) is 12.0 Å². The van der Waals surface area contributed by atoms with Crippen LogP contribution < -0.4 is 5.32 Å². The number of amides is 1. The van der Waals surface area contributed by atoms with Gasteiger partial charge < -0.3 is 15.2 Å². The monoisotopic (exact) mass is 362 g/mol. The van der Waals surface area contributed by atoms with Gasteiger partial charge in [0.2, 0.25) is 0 Å². The molecule has 0 aromatic carbocycles. The first-order chi connectivity index (χ1) is 9.61. The Balaban J connectivity index is 2.31. The number of hydrogen-bond donors (Lipinski definition) is 2. The number of alkyl halides is 1. The Bertz CT molecular complexity index is 481. The molecular formula is C13H16BrClN2O3. The zero-order valence-corrected chi connectivity index (χ0v) is 13.2. The minimum Gasteiger partial charge on any atom is -0.465 e. The molecule has 0 spiro atoms. The van der Waals surface area contributed by atoms with Gasteiger partial charge in [0.25, 0.3) is 0 Å². The van der Waals surface area contributed by atoms with Crippen molar-refractivity contribution in [2.45, 2.75) is 24.8 Å². The summed E-state index contributed by atoms with van der Waals surface area (Å²) in [5.74, 6) is 0.471. The summed E-state index contributed by atoms with van der Waals surface area (Å²) in [6.45, 7) is 1.30. The molecule has 1 aromatic heterocycles. The molecule has 20 heavy (non-hydrogen) atoms. The van der Waals surface area contributed by atoms with Gasteiger partial charge >= 0.3 is 6.09 Å². The summed E-state index contributed by atoms with van der Waals surface area (Å²) in [5.41, 5.74) is 1.55. The first kappa shape index (κ1) is 15.5. The van der Waals surface area contributed by atoms with E-state index in [0.29, 0.717) is 24.8 Å². The van der Waals surface area contributed by atoms with E-state index in [4.69, 9.17) is 21.4 Å². The number of rotatable bonds is 4. The van der Waals surface area contributed by atoms with Crippen LogP contribution in [0.15, 0.2) is 16.7 Å². The van der Waals surface area contributed by atoms with Crippen LogP contribution >= 0.6 is 27.5 Å². The predicted molar refractivity (Wildman–Crippen MR) is 78.9 cm³/mol. The highest BCUT2D eigenvalue weighted by atomic mass is 79.9. The molecule has 1 saturated heterocycles. The Morgan fingerprint density at radius 1 is 1.60 bits per heavy atom. The molecule has 2 N–H and O–H groups in total. The molecule has 1 unspecified atom stereocenters. The summed E-state index contributed by atoms with van der Waals surface area (Å²) in [5, 5.41) is 11.7. The standard InChI is InChI=1S/C13H16BrClN2O3/c14-10-5-9(6-15)11(16-7-10)12(17-13(18)19)8-1-3-20-4-2-8/h5,7-8,12,17H,1-4,6H2,(H,18,19). The third-order valence-electron chi connectivity index (χ3n) is 3.42. The van der Waals surface area contributed by atoms with Crippen molar-refractivity contribution in [3.8, 4) is 0 Å². The molecule has 1 fully saturated rings. The SMILES string of the molecule is O=C(O)NC(c1ncc(Br)cc1CCl)C1CCOCC1. The molecule has 5 nitrogen and oxygen atoms in total. The second-order valence-electron chi connectivity index (χ2n) is 4.71. The zero-order valence-electron chi connectivity index (χ0n) is 10.8. The smallest absolute Gasteiger partial charge is 0.405 e. The predicted octanol–water partition coefficient (Wildman–Crippen LogP) is 3.32. The van der Waals surface area contributed by atoms with Crippen molar-refractivity contribution in [2.24, 2.45) is 5.92 Å². The summed E-state index contributed by atoms with van der Waals surface area (Å²) in [7, 11) is 0. The van der Waals surface area contributed by atoms with Crippen LogP contribution in [0.5, 0.6) is 0 Å². The third-order valence-corrected chi connectivity index (χ3v) is 4.14. The third kappa shape index (κ3) is 3.84. The number of carboxylic acid groups (broad SMARTS) is 1. The van der Waals surface area contributed by atoms with Crippen molar-refractivity contribution >= 4 is 33.6 Å². The lowest BCUT2D eigenvalue weighted by atomic mass is 9.88. The highest BCUT2D eigenvalue weighted by molar-refractivity contribution is 9.10. The maximum absolute atomic E-state index is 11.1. The fourth-order valence-corrected chi connectivity index (χ4v) is 3.06. The van der Waals surface area contributed by atoms with Crippen LogP contribution in [0.25, 0.3) is 0 Å². The Morgan fingerprint density at radius 2 is 2.30 bits per heavy atom. The lowest BCUT2D eigenvalue weighted by Crippen LogP contribution is -2.36. The summed E-state index contributed by atoms with van der Waals surface area (Å²) in [6, 6.07) is 1.53. The molecule has 0 radical (unpaired) electrons. The van der Waals surface area contributed by atoms with Gasteiger partial charge in [0.05, 0.1) is 11.7 Å². The van der Waals surface area contributed by atoms with E-state index in [1.807, 2.05) is 6.07 Å². The number of hydrogen-bond acceptors (Lipinski definition) is 3. The second-order valence-corrected chi connectivity index (χ2v) is 5.89. The maximum atomic E-state index is 11.1. The van der Waals surface area contributed by atoms with Gasteiger partial charge in [-0.1, -0.05) is 0 Å². The molecule has 0 saturated carbocycles. The number of halogens is 2. The number of nitrogens with zero attached hydrogens (tertiary/aromatic N) is 1. The number of carbonyl (C=O) groups is 1. The van der Waals surface area contributed by atoms with E-state index in [9.17, 15) is 4.79 Å². The molecule has 7 heteroatoms.